The van der Waals surface area contributed by atoms with E-state index in [4.69, 9.17) is 19.8 Å². The first kappa shape index (κ1) is 20.0. The molecule has 0 bridgehead atoms. The fourth-order valence-electron chi connectivity index (χ4n) is 2.57. The molecule has 2 aromatic carbocycles. The average Bonchev–Trinajstić information content (AvgIpc) is 3.26. The van der Waals surface area contributed by atoms with Gasteiger partial charge in [-0.1, -0.05) is 40.6 Å². The van der Waals surface area contributed by atoms with Crippen LogP contribution in [-0.4, -0.2) is 21.0 Å². The van der Waals surface area contributed by atoms with Gasteiger partial charge in [0.15, 0.2) is 12.4 Å². The Morgan fingerprint density at radius 3 is 2.71 bits per heavy atom. The third-order valence-corrected chi connectivity index (χ3v) is 4.25. The first-order valence-corrected chi connectivity index (χ1v) is 9.32. The zero-order chi connectivity index (χ0) is 21.6. The zero-order valence-electron chi connectivity index (χ0n) is 16.5. The van der Waals surface area contributed by atoms with Gasteiger partial charge in [0.2, 0.25) is 11.7 Å². The number of benzene rings is 2. The number of aryl methyl sites for hydroxylation is 1. The highest BCUT2D eigenvalue weighted by atomic mass is 19.1. The number of oxime groups is 1. The second-order valence-corrected chi connectivity index (χ2v) is 6.53. The second-order valence-electron chi connectivity index (χ2n) is 6.53. The molecule has 0 spiro atoms. The van der Waals surface area contributed by atoms with Gasteiger partial charge in [-0.15, -0.1) is 0 Å². The predicted molar refractivity (Wildman–Crippen MR) is 111 cm³/mol. The molecule has 156 valence electrons. The lowest BCUT2D eigenvalue weighted by Crippen LogP contribution is -2.14. The molecule has 0 radical (unpaired) electrons. The second kappa shape index (κ2) is 9.04. The van der Waals surface area contributed by atoms with Crippen LogP contribution in [0.25, 0.3) is 11.4 Å². The lowest BCUT2D eigenvalue weighted by atomic mass is 10.1. The first-order chi connectivity index (χ1) is 15.1. The van der Waals surface area contributed by atoms with Crippen LogP contribution in [-0.2, 0) is 11.4 Å². The maximum absolute atomic E-state index is 13.7. The number of ether oxygens (including phenoxy) is 1. The van der Waals surface area contributed by atoms with Crippen molar-refractivity contribution in [1.29, 1.82) is 0 Å². The number of nitrogens with zero attached hydrogens (tertiary/aromatic N) is 4. The van der Waals surface area contributed by atoms with Gasteiger partial charge in [0.1, 0.15) is 11.6 Å². The fraction of sp³-hybridized carbons (Fsp3) is 0.0909. The molecule has 0 saturated heterocycles. The number of pyridine rings is 1. The number of hydrogen-bond acceptors (Lipinski definition) is 7. The van der Waals surface area contributed by atoms with Gasteiger partial charge in [-0.2, -0.15) is 4.98 Å². The van der Waals surface area contributed by atoms with Gasteiger partial charge in [0.05, 0.1) is 0 Å². The van der Waals surface area contributed by atoms with Crippen LogP contribution in [0.15, 0.2) is 76.5 Å². The zero-order valence-corrected chi connectivity index (χ0v) is 16.5. The molecule has 8 nitrogen and oxygen atoms in total. The van der Waals surface area contributed by atoms with E-state index in [2.05, 4.69) is 20.3 Å². The van der Waals surface area contributed by atoms with Gasteiger partial charge in [-0.3, -0.25) is 0 Å². The molecule has 0 unspecified atom stereocenters. The predicted octanol–water partition coefficient (Wildman–Crippen LogP) is 4.21. The minimum atomic E-state index is -0.341. The number of aromatic nitrogens is 3. The van der Waals surface area contributed by atoms with E-state index < -0.39 is 0 Å². The van der Waals surface area contributed by atoms with E-state index >= 15 is 0 Å². The Labute approximate surface area is 177 Å². The van der Waals surface area contributed by atoms with Gasteiger partial charge < -0.3 is 19.8 Å². The van der Waals surface area contributed by atoms with E-state index in [1.165, 1.54) is 12.3 Å². The van der Waals surface area contributed by atoms with E-state index in [1.54, 1.807) is 31.2 Å². The van der Waals surface area contributed by atoms with E-state index in [-0.39, 0.29) is 30.0 Å². The van der Waals surface area contributed by atoms with Gasteiger partial charge in [0.25, 0.3) is 5.89 Å². The molecule has 0 atom stereocenters. The van der Waals surface area contributed by atoms with Crippen molar-refractivity contribution in [2.75, 3.05) is 0 Å². The molecule has 0 amide bonds. The summed E-state index contributed by atoms with van der Waals surface area (Å²) in [6.07, 6.45) is 1.53. The Kier molecular flexibility index (Phi) is 5.84. The summed E-state index contributed by atoms with van der Waals surface area (Å²) in [6.45, 7) is 1.58. The molecule has 4 rings (SSSR count). The van der Waals surface area contributed by atoms with Crippen molar-refractivity contribution in [3.8, 4) is 23.0 Å². The largest absolute Gasteiger partial charge is 0.439 e. The Bertz CT molecular complexity index is 1190. The lowest BCUT2D eigenvalue weighted by Gasteiger charge is -2.05. The van der Waals surface area contributed by atoms with E-state index in [1.807, 2.05) is 30.3 Å². The van der Waals surface area contributed by atoms with Crippen LogP contribution in [0.1, 0.15) is 17.0 Å². The molecular formula is C22H18FN5O3. The molecular weight excluding hydrogens is 401 g/mol. The van der Waals surface area contributed by atoms with Crippen LogP contribution in [0.3, 0.4) is 0 Å². The first-order valence-electron chi connectivity index (χ1n) is 9.32. The highest BCUT2D eigenvalue weighted by Gasteiger charge is 2.11. The van der Waals surface area contributed by atoms with Crippen molar-refractivity contribution < 1.29 is 18.5 Å². The molecule has 0 aliphatic heterocycles. The number of hydrogen-bond donors (Lipinski definition) is 1. The molecule has 0 aliphatic rings. The van der Waals surface area contributed by atoms with Crippen LogP contribution in [0.4, 0.5) is 4.39 Å². The number of amidine groups is 1. The lowest BCUT2D eigenvalue weighted by molar-refractivity contribution is 0.105. The standard InChI is InChI=1S/C22H18FN5O3/c1-14-7-8-15(11-18(14)23)22-26-20(31-28-22)13-29-27-21(24)16-9-10-19(25-12-16)30-17-5-3-2-4-6-17/h2-12H,13H2,1H3,(H2,24,27). The van der Waals surface area contributed by atoms with Crippen molar-refractivity contribution in [1.82, 2.24) is 15.1 Å². The van der Waals surface area contributed by atoms with E-state index in [0.29, 0.717) is 28.3 Å². The highest BCUT2D eigenvalue weighted by Crippen LogP contribution is 2.20. The molecule has 0 aliphatic carbocycles. The number of nitrogens with two attached hydrogens (primary N) is 1. The van der Waals surface area contributed by atoms with Crippen molar-refractivity contribution in [2.24, 2.45) is 10.9 Å². The van der Waals surface area contributed by atoms with Crippen molar-refractivity contribution >= 4 is 5.84 Å². The van der Waals surface area contributed by atoms with Crippen LogP contribution in [0.5, 0.6) is 11.6 Å². The monoisotopic (exact) mass is 419 g/mol. The molecule has 2 aromatic heterocycles. The van der Waals surface area contributed by atoms with E-state index in [0.717, 1.165) is 0 Å². The van der Waals surface area contributed by atoms with Crippen molar-refractivity contribution in [3.63, 3.8) is 0 Å². The van der Waals surface area contributed by atoms with Crippen LogP contribution in [0.2, 0.25) is 0 Å². The number of rotatable bonds is 7. The van der Waals surface area contributed by atoms with E-state index in [9.17, 15) is 4.39 Å². The Morgan fingerprint density at radius 1 is 1.13 bits per heavy atom. The van der Waals surface area contributed by atoms with Gasteiger partial charge in [-0.25, -0.2) is 9.37 Å². The highest BCUT2D eigenvalue weighted by molar-refractivity contribution is 5.96. The molecule has 0 fully saturated rings. The smallest absolute Gasteiger partial charge is 0.267 e. The molecule has 4 aromatic rings. The summed E-state index contributed by atoms with van der Waals surface area (Å²) in [4.78, 5) is 13.6. The molecule has 0 saturated carbocycles. The van der Waals surface area contributed by atoms with Crippen LogP contribution >= 0.6 is 0 Å². The van der Waals surface area contributed by atoms with Crippen LogP contribution < -0.4 is 10.5 Å². The van der Waals surface area contributed by atoms with Gasteiger partial charge in [0, 0.05) is 23.4 Å². The minimum absolute atomic E-state index is 0.0926. The summed E-state index contributed by atoms with van der Waals surface area (Å²) < 4.78 is 24.4. The summed E-state index contributed by atoms with van der Waals surface area (Å²) in [7, 11) is 0. The normalized spacial score (nSPS) is 11.4. The maximum Gasteiger partial charge on any atom is 0.267 e. The topological polar surface area (TPSA) is 109 Å². The Hall–Kier alpha value is -4.27. The summed E-state index contributed by atoms with van der Waals surface area (Å²) in [5.41, 5.74) is 7.52. The fourth-order valence-corrected chi connectivity index (χ4v) is 2.57. The van der Waals surface area contributed by atoms with Crippen LogP contribution in [0, 0.1) is 12.7 Å². The molecule has 2 heterocycles. The minimum Gasteiger partial charge on any atom is -0.439 e. The molecule has 9 heteroatoms. The van der Waals surface area contributed by atoms with Gasteiger partial charge >= 0.3 is 0 Å². The third-order valence-electron chi connectivity index (χ3n) is 4.25. The molecule has 31 heavy (non-hydrogen) atoms. The van der Waals surface area contributed by atoms with Crippen molar-refractivity contribution in [3.05, 3.63) is 89.7 Å². The third kappa shape index (κ3) is 5.02. The number of para-hydroxylation sites is 1. The summed E-state index contributed by atoms with van der Waals surface area (Å²) in [5, 5.41) is 7.66. The molecule has 2 N–H and O–H groups in total. The quantitative estimate of drug-likeness (QED) is 0.271. The maximum atomic E-state index is 13.7. The Morgan fingerprint density at radius 2 is 1.97 bits per heavy atom. The average molecular weight is 419 g/mol. The van der Waals surface area contributed by atoms with Gasteiger partial charge in [-0.05, 0) is 36.8 Å². The Balaban J connectivity index is 1.34. The number of halogens is 1. The summed E-state index contributed by atoms with van der Waals surface area (Å²) >= 11 is 0. The summed E-state index contributed by atoms with van der Waals surface area (Å²) in [6, 6.07) is 17.4. The van der Waals surface area contributed by atoms with Crippen molar-refractivity contribution in [2.45, 2.75) is 13.5 Å². The SMILES string of the molecule is Cc1ccc(-c2noc(CO/N=C(/N)c3ccc(Oc4ccccc4)nc3)n2)cc1F. The summed E-state index contributed by atoms with van der Waals surface area (Å²) in [5.74, 6) is 1.32.